The van der Waals surface area contributed by atoms with Gasteiger partial charge in [0.15, 0.2) is 0 Å². The van der Waals surface area contributed by atoms with Crippen LogP contribution in [0.5, 0.6) is 0 Å². The van der Waals surface area contributed by atoms with Crippen molar-refractivity contribution in [3.63, 3.8) is 0 Å². The van der Waals surface area contributed by atoms with Crippen LogP contribution in [-0.2, 0) is 12.7 Å². The smallest absolute Gasteiger partial charge is 0.325 e. The Morgan fingerprint density at radius 1 is 1.11 bits per heavy atom. The molecule has 2 rings (SSSR count). The van der Waals surface area contributed by atoms with E-state index in [9.17, 15) is 13.2 Å². The zero-order chi connectivity index (χ0) is 13.9. The molecule has 19 heavy (non-hydrogen) atoms. The lowest BCUT2D eigenvalue weighted by atomic mass is 10.3. The summed E-state index contributed by atoms with van der Waals surface area (Å²) in [5.41, 5.74) is 5.30. The van der Waals surface area contributed by atoms with Gasteiger partial charge in [0, 0.05) is 25.1 Å². The summed E-state index contributed by atoms with van der Waals surface area (Å²) in [6, 6.07) is 2.27. The van der Waals surface area contributed by atoms with E-state index in [1.165, 1.54) is 18.5 Å². The minimum atomic E-state index is -4.38. The quantitative estimate of drug-likeness (QED) is 0.939. The van der Waals surface area contributed by atoms with Gasteiger partial charge in [-0.05, 0) is 23.9 Å². The lowest BCUT2D eigenvalue weighted by molar-refractivity contribution is -0.137. The molecule has 0 aliphatic carbocycles. The topological polar surface area (TPSA) is 64.7 Å². The molecule has 0 unspecified atom stereocenters. The molecule has 0 bridgehead atoms. The van der Waals surface area contributed by atoms with E-state index in [1.807, 2.05) is 0 Å². The second-order valence-corrected chi connectivity index (χ2v) is 4.51. The number of nitrogens with zero attached hydrogens (tertiary/aromatic N) is 3. The standard InChI is InChI=1S/C11H9F3N4S/c12-11(13,14)7-1-2-9(18-6-7)19-10-8(5-15)16-3-4-17-10/h1-4,6H,5,15H2. The van der Waals surface area contributed by atoms with Gasteiger partial charge < -0.3 is 5.73 Å². The fourth-order valence-corrected chi connectivity index (χ4v) is 2.09. The summed E-state index contributed by atoms with van der Waals surface area (Å²) in [5, 5.41) is 0.945. The van der Waals surface area contributed by atoms with Gasteiger partial charge in [-0.2, -0.15) is 13.2 Å². The Balaban J connectivity index is 2.20. The first-order chi connectivity index (χ1) is 9.00. The molecule has 0 spiro atoms. The fourth-order valence-electron chi connectivity index (χ4n) is 1.29. The van der Waals surface area contributed by atoms with E-state index >= 15 is 0 Å². The van der Waals surface area contributed by atoms with Crippen LogP contribution in [0.25, 0.3) is 0 Å². The van der Waals surface area contributed by atoms with Gasteiger partial charge in [-0.1, -0.05) is 0 Å². The molecule has 0 atom stereocenters. The van der Waals surface area contributed by atoms with Crippen molar-refractivity contribution in [3.8, 4) is 0 Å². The van der Waals surface area contributed by atoms with Crippen molar-refractivity contribution in [3.05, 3.63) is 42.0 Å². The van der Waals surface area contributed by atoms with E-state index < -0.39 is 11.7 Å². The van der Waals surface area contributed by atoms with E-state index in [0.29, 0.717) is 15.7 Å². The summed E-state index contributed by atoms with van der Waals surface area (Å²) < 4.78 is 37.1. The lowest BCUT2D eigenvalue weighted by Gasteiger charge is -2.07. The minimum absolute atomic E-state index is 0.205. The van der Waals surface area contributed by atoms with E-state index in [0.717, 1.165) is 24.0 Å². The molecule has 2 heterocycles. The maximum atomic E-state index is 12.4. The van der Waals surface area contributed by atoms with Gasteiger partial charge in [-0.15, -0.1) is 0 Å². The summed E-state index contributed by atoms with van der Waals surface area (Å²) >= 11 is 1.13. The number of pyridine rings is 1. The summed E-state index contributed by atoms with van der Waals surface area (Å²) in [6.07, 6.45) is -0.593. The Hall–Kier alpha value is -1.67. The maximum absolute atomic E-state index is 12.4. The molecular formula is C11H9F3N4S. The molecule has 100 valence electrons. The SMILES string of the molecule is NCc1nccnc1Sc1ccc(C(F)(F)F)cn1. The van der Waals surface area contributed by atoms with Crippen molar-refractivity contribution in [2.45, 2.75) is 22.8 Å². The number of aromatic nitrogens is 3. The van der Waals surface area contributed by atoms with Crippen LogP contribution in [-0.4, -0.2) is 15.0 Å². The second-order valence-electron chi connectivity index (χ2n) is 3.50. The Bertz CT molecular complexity index is 557. The van der Waals surface area contributed by atoms with Crippen LogP contribution in [0, 0.1) is 0 Å². The second kappa shape index (κ2) is 5.54. The number of halogens is 3. The van der Waals surface area contributed by atoms with Crippen LogP contribution >= 0.6 is 11.8 Å². The molecule has 2 aromatic rings. The first-order valence-corrected chi connectivity index (χ1v) is 6.03. The van der Waals surface area contributed by atoms with E-state index in [2.05, 4.69) is 15.0 Å². The highest BCUT2D eigenvalue weighted by Crippen LogP contribution is 2.31. The van der Waals surface area contributed by atoms with E-state index in [1.54, 1.807) is 0 Å². The largest absolute Gasteiger partial charge is 0.417 e. The van der Waals surface area contributed by atoms with Gasteiger partial charge in [0.05, 0.1) is 11.3 Å². The number of rotatable bonds is 3. The third-order valence-corrected chi connectivity index (χ3v) is 3.18. The van der Waals surface area contributed by atoms with Crippen molar-refractivity contribution in [1.29, 1.82) is 0 Å². The van der Waals surface area contributed by atoms with Crippen molar-refractivity contribution in [2.24, 2.45) is 5.73 Å². The molecule has 0 saturated heterocycles. The third-order valence-electron chi connectivity index (χ3n) is 2.19. The molecule has 0 fully saturated rings. The minimum Gasteiger partial charge on any atom is -0.325 e. The highest BCUT2D eigenvalue weighted by atomic mass is 32.2. The normalized spacial score (nSPS) is 11.6. The fraction of sp³-hybridized carbons (Fsp3) is 0.182. The van der Waals surface area contributed by atoms with E-state index in [4.69, 9.17) is 5.73 Å². The molecule has 8 heteroatoms. The predicted octanol–water partition coefficient (Wildman–Crippen LogP) is 2.50. The summed E-state index contributed by atoms with van der Waals surface area (Å²) in [4.78, 5) is 11.9. The number of hydrogen-bond donors (Lipinski definition) is 1. The van der Waals surface area contributed by atoms with E-state index in [-0.39, 0.29) is 6.54 Å². The molecule has 0 amide bonds. The average Bonchev–Trinajstić information content (AvgIpc) is 2.39. The molecule has 2 N–H and O–H groups in total. The van der Waals surface area contributed by atoms with Crippen LogP contribution in [0.2, 0.25) is 0 Å². The zero-order valence-corrected chi connectivity index (χ0v) is 10.4. The summed E-state index contributed by atoms with van der Waals surface area (Å²) in [5.74, 6) is 0. The average molecular weight is 286 g/mol. The highest BCUT2D eigenvalue weighted by molar-refractivity contribution is 7.99. The molecule has 0 aliphatic rings. The van der Waals surface area contributed by atoms with Crippen molar-refractivity contribution < 1.29 is 13.2 Å². The predicted molar refractivity (Wildman–Crippen MR) is 63.3 cm³/mol. The van der Waals surface area contributed by atoms with Crippen molar-refractivity contribution >= 4 is 11.8 Å². The van der Waals surface area contributed by atoms with Crippen LogP contribution < -0.4 is 5.73 Å². The lowest BCUT2D eigenvalue weighted by Crippen LogP contribution is -2.05. The van der Waals surface area contributed by atoms with Crippen LogP contribution in [0.1, 0.15) is 11.3 Å². The van der Waals surface area contributed by atoms with Crippen LogP contribution in [0.4, 0.5) is 13.2 Å². The maximum Gasteiger partial charge on any atom is 0.417 e. The monoisotopic (exact) mass is 286 g/mol. The van der Waals surface area contributed by atoms with Gasteiger partial charge in [-0.3, -0.25) is 4.98 Å². The van der Waals surface area contributed by atoms with Gasteiger partial charge in [0.2, 0.25) is 0 Å². The number of nitrogens with two attached hydrogens (primary N) is 1. The molecule has 0 radical (unpaired) electrons. The van der Waals surface area contributed by atoms with Gasteiger partial charge in [0.25, 0.3) is 0 Å². The Morgan fingerprint density at radius 3 is 2.42 bits per heavy atom. The summed E-state index contributed by atoms with van der Waals surface area (Å²) in [6.45, 7) is 0.205. The van der Waals surface area contributed by atoms with Crippen molar-refractivity contribution in [1.82, 2.24) is 15.0 Å². The number of alkyl halides is 3. The number of hydrogen-bond acceptors (Lipinski definition) is 5. The molecule has 4 nitrogen and oxygen atoms in total. The third kappa shape index (κ3) is 3.42. The highest BCUT2D eigenvalue weighted by Gasteiger charge is 2.30. The van der Waals surface area contributed by atoms with Gasteiger partial charge >= 0.3 is 6.18 Å². The van der Waals surface area contributed by atoms with Crippen molar-refractivity contribution in [2.75, 3.05) is 0 Å². The zero-order valence-electron chi connectivity index (χ0n) is 9.55. The first-order valence-electron chi connectivity index (χ1n) is 5.22. The summed E-state index contributed by atoms with van der Waals surface area (Å²) in [7, 11) is 0. The molecule has 0 aromatic carbocycles. The molecule has 0 aliphatic heterocycles. The molecule has 0 saturated carbocycles. The van der Waals surface area contributed by atoms with Gasteiger partial charge in [0.1, 0.15) is 10.1 Å². The van der Waals surface area contributed by atoms with Crippen LogP contribution in [0.3, 0.4) is 0 Å². The Labute approximate surface area is 111 Å². The Kier molecular flexibility index (Phi) is 4.01. The van der Waals surface area contributed by atoms with Crippen LogP contribution in [0.15, 0.2) is 40.8 Å². The first kappa shape index (κ1) is 13.8. The Morgan fingerprint density at radius 2 is 1.84 bits per heavy atom. The molecular weight excluding hydrogens is 277 g/mol. The molecule has 2 aromatic heterocycles. The van der Waals surface area contributed by atoms with Gasteiger partial charge in [-0.25, -0.2) is 9.97 Å².